The third-order valence-electron chi connectivity index (χ3n) is 0.747. The lowest BCUT2D eigenvalue weighted by Crippen LogP contribution is -2.05. The fraction of sp³-hybridized carbons (Fsp3) is 0. The summed E-state index contributed by atoms with van der Waals surface area (Å²) in [5.41, 5.74) is 0. The SMILES string of the molecule is O=CN1N=CC=CC=N1. The fourth-order valence-electron chi connectivity index (χ4n) is 0.397. The van der Waals surface area contributed by atoms with Crippen LogP contribution in [0.1, 0.15) is 0 Å². The molecule has 1 rings (SSSR count). The predicted octanol–water partition coefficient (Wildman–Crippen LogP) is -0.0138. The van der Waals surface area contributed by atoms with Gasteiger partial charge in [0.1, 0.15) is 0 Å². The minimum absolute atomic E-state index is 0.528. The average Bonchev–Trinajstić information content (AvgIpc) is 2.13. The quantitative estimate of drug-likeness (QED) is 0.452. The van der Waals surface area contributed by atoms with Crippen molar-refractivity contribution in [1.29, 1.82) is 0 Å². The highest BCUT2D eigenvalue weighted by molar-refractivity contribution is 5.83. The van der Waals surface area contributed by atoms with Gasteiger partial charge in [-0.1, -0.05) is 0 Å². The summed E-state index contributed by atoms with van der Waals surface area (Å²) in [4.78, 5) is 9.98. The molecule has 46 valence electrons. The summed E-state index contributed by atoms with van der Waals surface area (Å²) in [5.74, 6) is 0. The van der Waals surface area contributed by atoms with Crippen LogP contribution < -0.4 is 0 Å². The van der Waals surface area contributed by atoms with E-state index in [0.29, 0.717) is 6.41 Å². The summed E-state index contributed by atoms with van der Waals surface area (Å²) in [6.07, 6.45) is 6.88. The zero-order valence-electron chi connectivity index (χ0n) is 4.64. The molecule has 4 heteroatoms. The molecule has 0 unspecified atom stereocenters. The van der Waals surface area contributed by atoms with Crippen LogP contribution in [-0.2, 0) is 4.79 Å². The highest BCUT2D eigenvalue weighted by atomic mass is 16.2. The summed E-state index contributed by atoms with van der Waals surface area (Å²) in [6.45, 7) is 0. The van der Waals surface area contributed by atoms with Crippen molar-refractivity contribution in [2.45, 2.75) is 0 Å². The summed E-state index contributed by atoms with van der Waals surface area (Å²) in [5, 5.41) is 8.14. The summed E-state index contributed by atoms with van der Waals surface area (Å²) in [6, 6.07) is 0. The van der Waals surface area contributed by atoms with Crippen molar-refractivity contribution in [2.24, 2.45) is 10.2 Å². The molecule has 0 bridgehead atoms. The fourth-order valence-corrected chi connectivity index (χ4v) is 0.397. The van der Waals surface area contributed by atoms with Gasteiger partial charge in [-0.05, 0) is 12.2 Å². The second-order valence-corrected chi connectivity index (χ2v) is 1.34. The number of nitrogens with zero attached hydrogens (tertiary/aromatic N) is 3. The maximum Gasteiger partial charge on any atom is 0.252 e. The van der Waals surface area contributed by atoms with Gasteiger partial charge in [-0.15, -0.1) is 5.12 Å². The van der Waals surface area contributed by atoms with Crippen LogP contribution in [0.25, 0.3) is 0 Å². The van der Waals surface area contributed by atoms with Gasteiger partial charge in [0, 0.05) is 12.4 Å². The molecule has 0 atom stereocenters. The monoisotopic (exact) mass is 123 g/mol. The summed E-state index contributed by atoms with van der Waals surface area (Å²) >= 11 is 0. The predicted molar refractivity (Wildman–Crippen MR) is 34.0 cm³/mol. The maximum atomic E-state index is 9.98. The van der Waals surface area contributed by atoms with E-state index in [1.165, 1.54) is 12.4 Å². The van der Waals surface area contributed by atoms with Crippen molar-refractivity contribution in [3.63, 3.8) is 0 Å². The zero-order valence-corrected chi connectivity index (χ0v) is 4.64. The van der Waals surface area contributed by atoms with Crippen LogP contribution in [0.5, 0.6) is 0 Å². The first-order chi connectivity index (χ1) is 4.43. The molecule has 1 aliphatic rings. The number of carbonyl (C=O) groups excluding carboxylic acids is 1. The van der Waals surface area contributed by atoms with Crippen molar-refractivity contribution in [1.82, 2.24) is 5.12 Å². The first-order valence-electron chi connectivity index (χ1n) is 2.41. The second kappa shape index (κ2) is 2.76. The smallest absolute Gasteiger partial charge is 0.252 e. The highest BCUT2D eigenvalue weighted by Gasteiger charge is 1.89. The molecule has 0 fully saturated rings. The molecule has 0 N–H and O–H groups in total. The van der Waals surface area contributed by atoms with E-state index in [-0.39, 0.29) is 0 Å². The van der Waals surface area contributed by atoms with Gasteiger partial charge < -0.3 is 0 Å². The number of hydrazone groups is 2. The zero-order chi connectivity index (χ0) is 6.53. The Morgan fingerprint density at radius 1 is 1.22 bits per heavy atom. The number of rotatable bonds is 1. The van der Waals surface area contributed by atoms with Crippen molar-refractivity contribution < 1.29 is 4.79 Å². The standard InChI is InChI=1S/C5H5N3O/c9-5-8-6-3-1-2-4-7-8/h1-5H. The Kier molecular flexibility index (Phi) is 1.74. The van der Waals surface area contributed by atoms with E-state index in [0.717, 1.165) is 5.12 Å². The normalized spacial score (nSPS) is 15.8. The van der Waals surface area contributed by atoms with Gasteiger partial charge in [-0.25, -0.2) is 0 Å². The van der Waals surface area contributed by atoms with Crippen molar-refractivity contribution in [3.05, 3.63) is 12.2 Å². The Labute approximate surface area is 52.2 Å². The first-order valence-corrected chi connectivity index (χ1v) is 2.41. The third-order valence-corrected chi connectivity index (χ3v) is 0.747. The molecule has 0 saturated heterocycles. The van der Waals surface area contributed by atoms with E-state index >= 15 is 0 Å². The van der Waals surface area contributed by atoms with Crippen molar-refractivity contribution >= 4 is 18.8 Å². The van der Waals surface area contributed by atoms with E-state index in [4.69, 9.17) is 0 Å². The molecule has 9 heavy (non-hydrogen) atoms. The van der Waals surface area contributed by atoms with Gasteiger partial charge in [0.2, 0.25) is 0 Å². The largest absolute Gasteiger partial charge is 0.275 e. The molecule has 1 amide bonds. The molecule has 0 aromatic heterocycles. The number of amides is 1. The highest BCUT2D eigenvalue weighted by Crippen LogP contribution is 1.86. The van der Waals surface area contributed by atoms with Crippen LogP contribution in [0.3, 0.4) is 0 Å². The molecule has 0 aliphatic carbocycles. The maximum absolute atomic E-state index is 9.98. The Morgan fingerprint density at radius 3 is 2.22 bits per heavy atom. The number of carbonyl (C=O) groups is 1. The van der Waals surface area contributed by atoms with Gasteiger partial charge >= 0.3 is 0 Å². The molecule has 0 radical (unpaired) electrons. The average molecular weight is 123 g/mol. The Morgan fingerprint density at radius 2 is 1.78 bits per heavy atom. The molecular formula is C5H5N3O. The lowest BCUT2D eigenvalue weighted by atomic mass is 10.5. The van der Waals surface area contributed by atoms with Gasteiger partial charge in [0.15, 0.2) is 0 Å². The van der Waals surface area contributed by atoms with Gasteiger partial charge in [-0.2, -0.15) is 10.2 Å². The molecule has 0 saturated carbocycles. The lowest BCUT2D eigenvalue weighted by molar-refractivity contribution is -0.118. The van der Waals surface area contributed by atoms with Crippen LogP contribution in [0, 0.1) is 0 Å². The first kappa shape index (κ1) is 5.68. The minimum atomic E-state index is 0.528. The topological polar surface area (TPSA) is 45.0 Å². The second-order valence-electron chi connectivity index (χ2n) is 1.34. The molecule has 4 nitrogen and oxygen atoms in total. The van der Waals surface area contributed by atoms with Crippen molar-refractivity contribution in [2.75, 3.05) is 0 Å². The Bertz CT molecular complexity index is 167. The van der Waals surface area contributed by atoms with Gasteiger partial charge in [0.05, 0.1) is 0 Å². The molecule has 0 aromatic carbocycles. The summed E-state index contributed by atoms with van der Waals surface area (Å²) in [7, 11) is 0. The number of hydrogen-bond donors (Lipinski definition) is 0. The minimum Gasteiger partial charge on any atom is -0.275 e. The number of allylic oxidation sites excluding steroid dienone is 2. The van der Waals surface area contributed by atoms with E-state index < -0.39 is 0 Å². The summed E-state index contributed by atoms with van der Waals surface area (Å²) < 4.78 is 0. The van der Waals surface area contributed by atoms with Crippen LogP contribution >= 0.6 is 0 Å². The molecule has 1 aliphatic heterocycles. The third kappa shape index (κ3) is 1.49. The van der Waals surface area contributed by atoms with E-state index in [1.54, 1.807) is 12.2 Å². The Hall–Kier alpha value is -1.45. The van der Waals surface area contributed by atoms with Crippen LogP contribution in [0.2, 0.25) is 0 Å². The van der Waals surface area contributed by atoms with Crippen LogP contribution in [0.15, 0.2) is 22.4 Å². The van der Waals surface area contributed by atoms with Crippen LogP contribution in [0.4, 0.5) is 0 Å². The Balaban J connectivity index is 2.69. The van der Waals surface area contributed by atoms with Crippen LogP contribution in [-0.4, -0.2) is 24.0 Å². The molecule has 1 heterocycles. The van der Waals surface area contributed by atoms with Gasteiger partial charge in [0.25, 0.3) is 6.41 Å². The number of hydrogen-bond acceptors (Lipinski definition) is 3. The molecule has 0 spiro atoms. The van der Waals surface area contributed by atoms with Crippen molar-refractivity contribution in [3.8, 4) is 0 Å². The molecular weight excluding hydrogens is 118 g/mol. The van der Waals surface area contributed by atoms with E-state index in [1.807, 2.05) is 0 Å². The molecule has 0 aromatic rings. The van der Waals surface area contributed by atoms with E-state index in [2.05, 4.69) is 10.2 Å². The van der Waals surface area contributed by atoms with Gasteiger partial charge in [-0.3, -0.25) is 4.79 Å². The van der Waals surface area contributed by atoms with E-state index in [9.17, 15) is 4.79 Å². The lowest BCUT2D eigenvalue weighted by Gasteiger charge is -1.97.